The molecule has 1 aromatic rings. The van der Waals surface area contributed by atoms with Crippen LogP contribution >= 0.6 is 0 Å². The van der Waals surface area contributed by atoms with Gasteiger partial charge < -0.3 is 9.84 Å². The standard InChI is InChI=1S/C15H21NO3/c1-2-16(10-13-6-4-3-5-7-13)11-15(14(17)18)8-9-19-12-15/h3-7H,2,8-12H2,1H3,(H,17,18). The van der Waals surface area contributed by atoms with E-state index in [9.17, 15) is 9.90 Å². The Morgan fingerprint density at radius 2 is 2.16 bits per heavy atom. The molecule has 1 saturated heterocycles. The second kappa shape index (κ2) is 6.17. The maximum Gasteiger partial charge on any atom is 0.313 e. The lowest BCUT2D eigenvalue weighted by molar-refractivity contribution is -0.150. The summed E-state index contributed by atoms with van der Waals surface area (Å²) in [5.41, 5.74) is 0.480. The van der Waals surface area contributed by atoms with Gasteiger partial charge in [0.05, 0.1) is 6.61 Å². The zero-order chi connectivity index (χ0) is 13.7. The van der Waals surface area contributed by atoms with Gasteiger partial charge in [0.2, 0.25) is 0 Å². The van der Waals surface area contributed by atoms with E-state index in [2.05, 4.69) is 24.0 Å². The molecule has 4 nitrogen and oxygen atoms in total. The van der Waals surface area contributed by atoms with E-state index in [-0.39, 0.29) is 0 Å². The van der Waals surface area contributed by atoms with Crippen molar-refractivity contribution < 1.29 is 14.6 Å². The van der Waals surface area contributed by atoms with Crippen LogP contribution in [0.3, 0.4) is 0 Å². The van der Waals surface area contributed by atoms with Crippen LogP contribution in [0.15, 0.2) is 30.3 Å². The van der Waals surface area contributed by atoms with E-state index in [1.54, 1.807) is 0 Å². The molecule has 0 aliphatic carbocycles. The summed E-state index contributed by atoms with van der Waals surface area (Å²) in [7, 11) is 0. The van der Waals surface area contributed by atoms with Crippen LogP contribution < -0.4 is 0 Å². The molecule has 0 aromatic heterocycles. The van der Waals surface area contributed by atoms with Crippen LogP contribution in [0.4, 0.5) is 0 Å². The maximum absolute atomic E-state index is 11.5. The van der Waals surface area contributed by atoms with Gasteiger partial charge in [-0.1, -0.05) is 37.3 Å². The van der Waals surface area contributed by atoms with Gasteiger partial charge >= 0.3 is 5.97 Å². The van der Waals surface area contributed by atoms with E-state index < -0.39 is 11.4 Å². The number of rotatable bonds is 6. The maximum atomic E-state index is 11.5. The number of carboxylic acid groups (broad SMARTS) is 1. The normalized spacial score (nSPS) is 22.8. The summed E-state index contributed by atoms with van der Waals surface area (Å²) in [6.45, 7) is 5.11. The van der Waals surface area contributed by atoms with Crippen LogP contribution in [0.25, 0.3) is 0 Å². The van der Waals surface area contributed by atoms with Crippen molar-refractivity contribution in [1.82, 2.24) is 4.90 Å². The predicted molar refractivity (Wildman–Crippen MR) is 72.9 cm³/mol. The highest BCUT2D eigenvalue weighted by Crippen LogP contribution is 2.30. The Kier molecular flexibility index (Phi) is 4.56. The highest BCUT2D eigenvalue weighted by atomic mass is 16.5. The van der Waals surface area contributed by atoms with E-state index in [4.69, 9.17) is 4.74 Å². The van der Waals surface area contributed by atoms with Crippen molar-refractivity contribution >= 4 is 5.97 Å². The van der Waals surface area contributed by atoms with Crippen molar-refractivity contribution in [2.24, 2.45) is 5.41 Å². The fourth-order valence-electron chi connectivity index (χ4n) is 2.52. The molecule has 1 unspecified atom stereocenters. The first-order valence-electron chi connectivity index (χ1n) is 6.74. The fourth-order valence-corrected chi connectivity index (χ4v) is 2.52. The van der Waals surface area contributed by atoms with Gasteiger partial charge in [-0.25, -0.2) is 0 Å². The molecule has 1 aliphatic rings. The Morgan fingerprint density at radius 3 is 2.68 bits per heavy atom. The van der Waals surface area contributed by atoms with Crippen LogP contribution in [-0.4, -0.2) is 42.3 Å². The fraction of sp³-hybridized carbons (Fsp3) is 0.533. The molecule has 104 valence electrons. The van der Waals surface area contributed by atoms with Crippen molar-refractivity contribution in [2.75, 3.05) is 26.3 Å². The van der Waals surface area contributed by atoms with E-state index in [1.807, 2.05) is 18.2 Å². The number of hydrogen-bond donors (Lipinski definition) is 1. The second-order valence-electron chi connectivity index (χ2n) is 5.18. The summed E-state index contributed by atoms with van der Waals surface area (Å²) in [5.74, 6) is -0.739. The summed E-state index contributed by atoms with van der Waals surface area (Å²) in [6.07, 6.45) is 0.605. The Hall–Kier alpha value is -1.39. The quantitative estimate of drug-likeness (QED) is 0.853. The van der Waals surface area contributed by atoms with E-state index in [0.717, 1.165) is 13.1 Å². The molecular formula is C15H21NO3. The van der Waals surface area contributed by atoms with Gasteiger partial charge in [-0.2, -0.15) is 0 Å². The average Bonchev–Trinajstić information content (AvgIpc) is 2.89. The van der Waals surface area contributed by atoms with Crippen LogP contribution in [0, 0.1) is 5.41 Å². The van der Waals surface area contributed by atoms with Crippen LogP contribution in [0.2, 0.25) is 0 Å². The molecule has 0 spiro atoms. The first-order chi connectivity index (χ1) is 9.16. The monoisotopic (exact) mass is 263 g/mol. The predicted octanol–water partition coefficient (Wildman–Crippen LogP) is 2.00. The first kappa shape index (κ1) is 14.0. The Morgan fingerprint density at radius 1 is 1.42 bits per heavy atom. The number of benzene rings is 1. The minimum atomic E-state index is -0.739. The number of ether oxygens (including phenoxy) is 1. The van der Waals surface area contributed by atoms with E-state index in [0.29, 0.717) is 26.2 Å². The minimum absolute atomic E-state index is 0.327. The molecule has 1 fully saturated rings. The van der Waals surface area contributed by atoms with Crippen LogP contribution in [0.5, 0.6) is 0 Å². The molecule has 0 bridgehead atoms. The number of nitrogens with zero attached hydrogens (tertiary/aromatic N) is 1. The second-order valence-corrected chi connectivity index (χ2v) is 5.18. The first-order valence-corrected chi connectivity index (χ1v) is 6.74. The topological polar surface area (TPSA) is 49.8 Å². The highest BCUT2D eigenvalue weighted by molar-refractivity contribution is 5.75. The van der Waals surface area contributed by atoms with Gasteiger partial charge in [-0.15, -0.1) is 0 Å². The Labute approximate surface area is 114 Å². The van der Waals surface area contributed by atoms with E-state index in [1.165, 1.54) is 5.56 Å². The molecule has 1 aromatic carbocycles. The third-order valence-corrected chi connectivity index (χ3v) is 3.78. The third-order valence-electron chi connectivity index (χ3n) is 3.78. The van der Waals surface area contributed by atoms with Gasteiger partial charge in [-0.3, -0.25) is 9.69 Å². The van der Waals surface area contributed by atoms with Crippen molar-refractivity contribution in [3.05, 3.63) is 35.9 Å². The molecule has 1 atom stereocenters. The van der Waals surface area contributed by atoms with Crippen molar-refractivity contribution in [1.29, 1.82) is 0 Å². The summed E-state index contributed by atoms with van der Waals surface area (Å²) in [4.78, 5) is 13.7. The highest BCUT2D eigenvalue weighted by Gasteiger charge is 2.43. The lowest BCUT2D eigenvalue weighted by atomic mass is 9.86. The van der Waals surface area contributed by atoms with Crippen molar-refractivity contribution in [3.63, 3.8) is 0 Å². The Bertz CT molecular complexity index is 413. The molecule has 1 N–H and O–H groups in total. The molecule has 0 radical (unpaired) electrons. The van der Waals surface area contributed by atoms with Crippen molar-refractivity contribution in [3.8, 4) is 0 Å². The van der Waals surface area contributed by atoms with Gasteiger partial charge in [0, 0.05) is 19.7 Å². The molecule has 1 heterocycles. The van der Waals surface area contributed by atoms with E-state index >= 15 is 0 Å². The number of carbonyl (C=O) groups is 1. The zero-order valence-corrected chi connectivity index (χ0v) is 11.3. The van der Waals surface area contributed by atoms with Gasteiger partial charge in [-0.05, 0) is 18.5 Å². The summed E-state index contributed by atoms with van der Waals surface area (Å²) >= 11 is 0. The molecule has 19 heavy (non-hydrogen) atoms. The van der Waals surface area contributed by atoms with Gasteiger partial charge in [0.15, 0.2) is 0 Å². The van der Waals surface area contributed by atoms with Gasteiger partial charge in [0.1, 0.15) is 5.41 Å². The molecule has 0 amide bonds. The molecule has 4 heteroatoms. The van der Waals surface area contributed by atoms with Crippen molar-refractivity contribution in [2.45, 2.75) is 19.9 Å². The van der Waals surface area contributed by atoms with Crippen LogP contribution in [-0.2, 0) is 16.1 Å². The van der Waals surface area contributed by atoms with Crippen LogP contribution in [0.1, 0.15) is 18.9 Å². The third kappa shape index (κ3) is 3.33. The Balaban J connectivity index is 2.04. The van der Waals surface area contributed by atoms with Gasteiger partial charge in [0.25, 0.3) is 0 Å². The molecular weight excluding hydrogens is 242 g/mol. The largest absolute Gasteiger partial charge is 0.481 e. The summed E-state index contributed by atoms with van der Waals surface area (Å²) in [5, 5.41) is 9.47. The molecule has 1 aliphatic heterocycles. The average molecular weight is 263 g/mol. The smallest absolute Gasteiger partial charge is 0.313 e. The lowest BCUT2D eigenvalue weighted by Gasteiger charge is -2.30. The molecule has 0 saturated carbocycles. The molecule has 2 rings (SSSR count). The zero-order valence-electron chi connectivity index (χ0n) is 11.3. The minimum Gasteiger partial charge on any atom is -0.481 e. The SMILES string of the molecule is CCN(Cc1ccccc1)CC1(C(=O)O)CCOC1. The number of aliphatic carboxylic acids is 1. The number of carboxylic acids is 1. The lowest BCUT2D eigenvalue weighted by Crippen LogP contribution is -2.43. The number of hydrogen-bond acceptors (Lipinski definition) is 3. The summed E-state index contributed by atoms with van der Waals surface area (Å²) in [6, 6.07) is 10.1. The summed E-state index contributed by atoms with van der Waals surface area (Å²) < 4.78 is 5.31.